The highest BCUT2D eigenvalue weighted by Crippen LogP contribution is 2.09. The van der Waals surface area contributed by atoms with E-state index < -0.39 is 0 Å². The van der Waals surface area contributed by atoms with Crippen molar-refractivity contribution in [2.45, 2.75) is 19.9 Å². The molecule has 1 rings (SSSR count). The lowest BCUT2D eigenvalue weighted by atomic mass is 10.2. The average molecular weight is 191 g/mol. The highest BCUT2D eigenvalue weighted by Gasteiger charge is 1.92. The first kappa shape index (κ1) is 10.8. The van der Waals surface area contributed by atoms with Crippen LogP contribution in [0.4, 0.5) is 0 Å². The second-order valence-corrected chi connectivity index (χ2v) is 3.55. The van der Waals surface area contributed by atoms with Gasteiger partial charge in [-0.15, -0.1) is 6.58 Å². The Morgan fingerprint density at radius 3 is 2.57 bits per heavy atom. The van der Waals surface area contributed by atoms with E-state index >= 15 is 0 Å². The third-order valence-corrected chi connectivity index (χ3v) is 1.99. The lowest BCUT2D eigenvalue weighted by molar-refractivity contribution is 0.475. The monoisotopic (exact) mass is 191 g/mol. The molecule has 2 N–H and O–H groups in total. The van der Waals surface area contributed by atoms with E-state index in [-0.39, 0.29) is 0 Å². The largest absolute Gasteiger partial charge is 0.508 e. The lowest BCUT2D eigenvalue weighted by Crippen LogP contribution is -2.14. The second kappa shape index (κ2) is 5.45. The van der Waals surface area contributed by atoms with Gasteiger partial charge in [0.2, 0.25) is 0 Å². The molecule has 0 saturated carbocycles. The van der Waals surface area contributed by atoms with Crippen LogP contribution >= 0.6 is 0 Å². The molecule has 0 unspecified atom stereocenters. The van der Waals surface area contributed by atoms with E-state index in [0.29, 0.717) is 5.75 Å². The number of hydrogen-bond donors (Lipinski definition) is 2. The van der Waals surface area contributed by atoms with Crippen molar-refractivity contribution in [2.24, 2.45) is 0 Å². The molecule has 1 aromatic carbocycles. The van der Waals surface area contributed by atoms with Crippen LogP contribution in [0.25, 0.3) is 0 Å². The summed E-state index contributed by atoms with van der Waals surface area (Å²) in [6.45, 7) is 7.66. The third-order valence-electron chi connectivity index (χ3n) is 1.99. The van der Waals surface area contributed by atoms with Crippen molar-refractivity contribution in [1.82, 2.24) is 5.32 Å². The standard InChI is InChI=1S/C12H17NO/c1-10(2)7-8-13-9-11-3-5-12(14)6-4-11/h3-6,13-14H,1,7-9H2,2H3. The van der Waals surface area contributed by atoms with Gasteiger partial charge in [-0.3, -0.25) is 0 Å². The minimum atomic E-state index is 0.315. The zero-order chi connectivity index (χ0) is 10.4. The Balaban J connectivity index is 2.25. The van der Waals surface area contributed by atoms with Crippen molar-refractivity contribution in [2.75, 3.05) is 6.54 Å². The molecule has 2 nitrogen and oxygen atoms in total. The van der Waals surface area contributed by atoms with Gasteiger partial charge >= 0.3 is 0 Å². The zero-order valence-electron chi connectivity index (χ0n) is 8.59. The molecule has 0 aliphatic rings. The molecule has 0 aliphatic heterocycles. The molecule has 0 spiro atoms. The first-order valence-corrected chi connectivity index (χ1v) is 4.81. The van der Waals surface area contributed by atoms with Gasteiger partial charge in [0.25, 0.3) is 0 Å². The SMILES string of the molecule is C=C(C)CCNCc1ccc(O)cc1. The topological polar surface area (TPSA) is 32.3 Å². The maximum atomic E-state index is 9.07. The molecule has 0 bridgehead atoms. The van der Waals surface area contributed by atoms with Crippen LogP contribution in [0, 0.1) is 0 Å². The van der Waals surface area contributed by atoms with Crippen molar-refractivity contribution in [3.8, 4) is 5.75 Å². The average Bonchev–Trinajstić information content (AvgIpc) is 2.15. The number of rotatable bonds is 5. The number of nitrogens with one attached hydrogen (secondary N) is 1. The molecule has 0 heterocycles. The summed E-state index contributed by atoms with van der Waals surface area (Å²) in [5.41, 5.74) is 2.38. The second-order valence-electron chi connectivity index (χ2n) is 3.55. The fraction of sp³-hybridized carbons (Fsp3) is 0.333. The van der Waals surface area contributed by atoms with Gasteiger partial charge in [0.15, 0.2) is 0 Å². The van der Waals surface area contributed by atoms with Crippen LogP contribution in [0.5, 0.6) is 5.75 Å². The molecule has 0 saturated heterocycles. The fourth-order valence-electron chi connectivity index (χ4n) is 1.15. The summed E-state index contributed by atoms with van der Waals surface area (Å²) in [5, 5.41) is 12.4. The predicted molar refractivity (Wildman–Crippen MR) is 59.2 cm³/mol. The highest BCUT2D eigenvalue weighted by atomic mass is 16.3. The van der Waals surface area contributed by atoms with E-state index in [4.69, 9.17) is 5.11 Å². The van der Waals surface area contributed by atoms with Crippen LogP contribution in [-0.2, 0) is 6.54 Å². The quantitative estimate of drug-likeness (QED) is 0.553. The van der Waals surface area contributed by atoms with Crippen LogP contribution < -0.4 is 5.32 Å². The van der Waals surface area contributed by atoms with Gasteiger partial charge in [-0.1, -0.05) is 17.7 Å². The molecule has 0 amide bonds. The number of benzene rings is 1. The van der Waals surface area contributed by atoms with Gasteiger partial charge in [-0.05, 0) is 37.6 Å². The fourth-order valence-corrected chi connectivity index (χ4v) is 1.15. The first-order chi connectivity index (χ1) is 6.68. The molecular weight excluding hydrogens is 174 g/mol. The van der Waals surface area contributed by atoms with Gasteiger partial charge < -0.3 is 10.4 Å². The molecule has 1 aromatic rings. The van der Waals surface area contributed by atoms with Crippen molar-refractivity contribution in [1.29, 1.82) is 0 Å². The summed E-state index contributed by atoms with van der Waals surface area (Å²) in [6, 6.07) is 7.25. The minimum Gasteiger partial charge on any atom is -0.508 e. The van der Waals surface area contributed by atoms with Gasteiger partial charge in [0.05, 0.1) is 0 Å². The minimum absolute atomic E-state index is 0.315. The number of phenolic OH excluding ortho intramolecular Hbond substituents is 1. The van der Waals surface area contributed by atoms with Gasteiger partial charge in [0.1, 0.15) is 5.75 Å². The van der Waals surface area contributed by atoms with E-state index in [1.807, 2.05) is 19.1 Å². The summed E-state index contributed by atoms with van der Waals surface area (Å²) >= 11 is 0. The molecule has 76 valence electrons. The smallest absolute Gasteiger partial charge is 0.115 e. The summed E-state index contributed by atoms with van der Waals surface area (Å²) in [7, 11) is 0. The number of aromatic hydroxyl groups is 1. The third kappa shape index (κ3) is 4.10. The molecule has 14 heavy (non-hydrogen) atoms. The Labute approximate surface area is 85.3 Å². The Kier molecular flexibility index (Phi) is 4.20. The Morgan fingerprint density at radius 1 is 1.36 bits per heavy atom. The van der Waals surface area contributed by atoms with E-state index in [9.17, 15) is 0 Å². The number of hydrogen-bond acceptors (Lipinski definition) is 2. The van der Waals surface area contributed by atoms with Crippen molar-refractivity contribution in [3.05, 3.63) is 42.0 Å². The van der Waals surface area contributed by atoms with E-state index in [1.54, 1.807) is 12.1 Å². The van der Waals surface area contributed by atoms with E-state index in [0.717, 1.165) is 19.5 Å². The van der Waals surface area contributed by atoms with Crippen molar-refractivity contribution < 1.29 is 5.11 Å². The summed E-state index contributed by atoms with van der Waals surface area (Å²) in [4.78, 5) is 0. The maximum Gasteiger partial charge on any atom is 0.115 e. The van der Waals surface area contributed by atoms with E-state index in [2.05, 4.69) is 11.9 Å². The molecule has 0 atom stereocenters. The van der Waals surface area contributed by atoms with Crippen LogP contribution in [0.2, 0.25) is 0 Å². The normalized spacial score (nSPS) is 10.1. The molecule has 0 radical (unpaired) electrons. The number of phenols is 1. The summed E-state index contributed by atoms with van der Waals surface area (Å²) in [5.74, 6) is 0.315. The van der Waals surface area contributed by atoms with Crippen molar-refractivity contribution in [3.63, 3.8) is 0 Å². The Hall–Kier alpha value is -1.28. The highest BCUT2D eigenvalue weighted by molar-refractivity contribution is 5.25. The van der Waals surface area contributed by atoms with Crippen LogP contribution in [0.15, 0.2) is 36.4 Å². The van der Waals surface area contributed by atoms with Gasteiger partial charge in [-0.2, -0.15) is 0 Å². The predicted octanol–water partition coefficient (Wildman–Crippen LogP) is 2.45. The Bertz CT molecular complexity index is 290. The molecule has 2 heteroatoms. The van der Waals surface area contributed by atoms with Crippen LogP contribution in [0.1, 0.15) is 18.9 Å². The van der Waals surface area contributed by atoms with Crippen molar-refractivity contribution >= 4 is 0 Å². The molecule has 0 aromatic heterocycles. The first-order valence-electron chi connectivity index (χ1n) is 4.81. The Morgan fingerprint density at radius 2 is 2.00 bits per heavy atom. The van der Waals surface area contributed by atoms with Gasteiger partial charge in [0, 0.05) is 6.54 Å². The zero-order valence-corrected chi connectivity index (χ0v) is 8.59. The van der Waals surface area contributed by atoms with Gasteiger partial charge in [-0.25, -0.2) is 0 Å². The summed E-state index contributed by atoms with van der Waals surface area (Å²) in [6.07, 6.45) is 1.01. The summed E-state index contributed by atoms with van der Waals surface area (Å²) < 4.78 is 0. The van der Waals surface area contributed by atoms with Crippen LogP contribution in [0.3, 0.4) is 0 Å². The molecular formula is C12H17NO. The lowest BCUT2D eigenvalue weighted by Gasteiger charge is -2.04. The van der Waals surface area contributed by atoms with Crippen LogP contribution in [-0.4, -0.2) is 11.7 Å². The van der Waals surface area contributed by atoms with E-state index in [1.165, 1.54) is 11.1 Å². The maximum absolute atomic E-state index is 9.07. The molecule has 0 fully saturated rings. The molecule has 0 aliphatic carbocycles.